The molecular formula is C17H23N3. The third kappa shape index (κ3) is 2.81. The van der Waals surface area contributed by atoms with Crippen LogP contribution < -0.4 is 10.2 Å². The SMILES string of the molecule is CC1Cc2ccccc2N(CC(C)(C#N)NC2CC2)C1. The fraction of sp³-hybridized carbons (Fsp3) is 0.588. The van der Waals surface area contributed by atoms with E-state index in [2.05, 4.69) is 47.5 Å². The maximum atomic E-state index is 9.57. The smallest absolute Gasteiger partial charge is 0.121 e. The summed E-state index contributed by atoms with van der Waals surface area (Å²) in [5.41, 5.74) is 2.27. The monoisotopic (exact) mass is 269 g/mol. The number of nitrogens with one attached hydrogen (secondary N) is 1. The number of nitrogens with zero attached hydrogens (tertiary/aromatic N) is 2. The van der Waals surface area contributed by atoms with Gasteiger partial charge in [-0.15, -0.1) is 0 Å². The van der Waals surface area contributed by atoms with E-state index >= 15 is 0 Å². The standard InChI is InChI=1S/C17H23N3/c1-13-9-14-5-3-4-6-16(14)20(10-13)12-17(2,11-18)19-15-7-8-15/h3-6,13,15,19H,7-10,12H2,1-2H3. The minimum Gasteiger partial charge on any atom is -0.368 e. The molecule has 2 aliphatic rings. The summed E-state index contributed by atoms with van der Waals surface area (Å²) in [5.74, 6) is 0.647. The van der Waals surface area contributed by atoms with Crippen LogP contribution in [0.4, 0.5) is 5.69 Å². The van der Waals surface area contributed by atoms with E-state index in [1.807, 2.05) is 6.92 Å². The Morgan fingerprint density at radius 3 is 2.85 bits per heavy atom. The van der Waals surface area contributed by atoms with Crippen LogP contribution in [0.15, 0.2) is 24.3 Å². The van der Waals surface area contributed by atoms with Gasteiger partial charge in [-0.1, -0.05) is 25.1 Å². The molecule has 3 rings (SSSR count). The Morgan fingerprint density at radius 2 is 2.15 bits per heavy atom. The first-order chi connectivity index (χ1) is 9.59. The fourth-order valence-corrected chi connectivity index (χ4v) is 3.23. The van der Waals surface area contributed by atoms with Crippen molar-refractivity contribution in [1.29, 1.82) is 5.26 Å². The van der Waals surface area contributed by atoms with Crippen molar-refractivity contribution >= 4 is 5.69 Å². The van der Waals surface area contributed by atoms with Crippen molar-refractivity contribution < 1.29 is 0 Å². The highest BCUT2D eigenvalue weighted by Gasteiger charge is 2.35. The van der Waals surface area contributed by atoms with Crippen molar-refractivity contribution in [2.24, 2.45) is 5.92 Å². The van der Waals surface area contributed by atoms with E-state index in [4.69, 9.17) is 0 Å². The molecule has 2 unspecified atom stereocenters. The van der Waals surface area contributed by atoms with Gasteiger partial charge in [-0.3, -0.25) is 5.32 Å². The number of para-hydroxylation sites is 1. The zero-order valence-electron chi connectivity index (χ0n) is 12.4. The minimum atomic E-state index is -0.453. The normalized spacial score (nSPS) is 24.6. The Kier molecular flexibility index (Phi) is 3.43. The average molecular weight is 269 g/mol. The Morgan fingerprint density at radius 1 is 1.40 bits per heavy atom. The van der Waals surface area contributed by atoms with Crippen LogP contribution in [0.3, 0.4) is 0 Å². The van der Waals surface area contributed by atoms with Gasteiger partial charge in [0.15, 0.2) is 0 Å². The van der Waals surface area contributed by atoms with Gasteiger partial charge >= 0.3 is 0 Å². The van der Waals surface area contributed by atoms with Gasteiger partial charge in [0.05, 0.1) is 6.07 Å². The van der Waals surface area contributed by atoms with Crippen LogP contribution in [0.25, 0.3) is 0 Å². The van der Waals surface area contributed by atoms with E-state index in [1.165, 1.54) is 24.1 Å². The van der Waals surface area contributed by atoms with Gasteiger partial charge < -0.3 is 4.90 Å². The summed E-state index contributed by atoms with van der Waals surface area (Å²) in [7, 11) is 0. The van der Waals surface area contributed by atoms with Crippen LogP contribution >= 0.6 is 0 Å². The lowest BCUT2D eigenvalue weighted by atomic mass is 9.92. The van der Waals surface area contributed by atoms with Gasteiger partial charge in [0.1, 0.15) is 5.54 Å². The molecule has 1 saturated carbocycles. The molecule has 1 aliphatic heterocycles. The van der Waals surface area contributed by atoms with E-state index in [0.29, 0.717) is 12.0 Å². The number of nitriles is 1. The van der Waals surface area contributed by atoms with E-state index in [-0.39, 0.29) is 0 Å². The molecule has 0 saturated heterocycles. The lowest BCUT2D eigenvalue weighted by Gasteiger charge is -2.39. The zero-order valence-corrected chi connectivity index (χ0v) is 12.4. The fourth-order valence-electron chi connectivity index (χ4n) is 3.23. The molecule has 2 atom stereocenters. The van der Waals surface area contributed by atoms with Crippen molar-refractivity contribution in [1.82, 2.24) is 5.32 Å². The lowest BCUT2D eigenvalue weighted by molar-refractivity contribution is 0.417. The zero-order chi connectivity index (χ0) is 14.2. The summed E-state index contributed by atoms with van der Waals surface area (Å²) in [4.78, 5) is 2.39. The van der Waals surface area contributed by atoms with Gasteiger partial charge in [0.25, 0.3) is 0 Å². The largest absolute Gasteiger partial charge is 0.368 e. The highest BCUT2D eigenvalue weighted by molar-refractivity contribution is 5.56. The summed E-state index contributed by atoms with van der Waals surface area (Å²) in [5, 5.41) is 13.1. The van der Waals surface area contributed by atoms with Crippen molar-refractivity contribution in [2.75, 3.05) is 18.0 Å². The van der Waals surface area contributed by atoms with Gasteiger partial charge in [-0.2, -0.15) is 5.26 Å². The number of fused-ring (bicyclic) bond motifs is 1. The first kappa shape index (κ1) is 13.5. The predicted molar refractivity (Wildman–Crippen MR) is 81.7 cm³/mol. The molecular weight excluding hydrogens is 246 g/mol. The van der Waals surface area contributed by atoms with Crippen LogP contribution in [0, 0.1) is 17.2 Å². The van der Waals surface area contributed by atoms with Crippen LogP contribution in [0.5, 0.6) is 0 Å². The first-order valence-electron chi connectivity index (χ1n) is 7.61. The molecule has 0 amide bonds. The quantitative estimate of drug-likeness (QED) is 0.913. The molecule has 0 spiro atoms. The van der Waals surface area contributed by atoms with Crippen molar-refractivity contribution in [2.45, 2.75) is 44.7 Å². The van der Waals surface area contributed by atoms with E-state index in [1.54, 1.807) is 0 Å². The summed E-state index contributed by atoms with van der Waals surface area (Å²) in [6.07, 6.45) is 3.57. The van der Waals surface area contributed by atoms with Crippen molar-refractivity contribution in [3.8, 4) is 6.07 Å². The number of hydrogen-bond donors (Lipinski definition) is 1. The number of benzene rings is 1. The van der Waals surface area contributed by atoms with Gasteiger partial charge in [0, 0.05) is 24.8 Å². The molecule has 20 heavy (non-hydrogen) atoms. The predicted octanol–water partition coefficient (Wildman–Crippen LogP) is 2.72. The molecule has 1 aromatic rings. The maximum Gasteiger partial charge on any atom is 0.121 e. The Balaban J connectivity index is 1.81. The Hall–Kier alpha value is -1.53. The van der Waals surface area contributed by atoms with Crippen LogP contribution in [-0.2, 0) is 6.42 Å². The second kappa shape index (κ2) is 5.10. The molecule has 3 heteroatoms. The third-order valence-corrected chi connectivity index (χ3v) is 4.29. The van der Waals surface area contributed by atoms with Crippen molar-refractivity contribution in [3.05, 3.63) is 29.8 Å². The van der Waals surface area contributed by atoms with Crippen molar-refractivity contribution in [3.63, 3.8) is 0 Å². The Bertz CT molecular complexity index is 529. The average Bonchev–Trinajstić information content (AvgIpc) is 3.22. The number of hydrogen-bond acceptors (Lipinski definition) is 3. The molecule has 0 aromatic heterocycles. The van der Waals surface area contributed by atoms with E-state index < -0.39 is 5.54 Å². The lowest BCUT2D eigenvalue weighted by Crippen LogP contribution is -2.53. The van der Waals surface area contributed by atoms with Gasteiger partial charge in [-0.05, 0) is 43.7 Å². The second-order valence-electron chi connectivity index (χ2n) is 6.68. The van der Waals surface area contributed by atoms with Crippen LogP contribution in [0.1, 0.15) is 32.3 Å². The highest BCUT2D eigenvalue weighted by Crippen LogP contribution is 2.31. The summed E-state index contributed by atoms with van der Waals surface area (Å²) >= 11 is 0. The number of anilines is 1. The second-order valence-corrected chi connectivity index (χ2v) is 6.68. The summed E-state index contributed by atoms with van der Waals surface area (Å²) < 4.78 is 0. The molecule has 1 aromatic carbocycles. The molecule has 0 radical (unpaired) electrons. The van der Waals surface area contributed by atoms with Gasteiger partial charge in [-0.25, -0.2) is 0 Å². The maximum absolute atomic E-state index is 9.57. The molecule has 106 valence electrons. The first-order valence-corrected chi connectivity index (χ1v) is 7.61. The third-order valence-electron chi connectivity index (χ3n) is 4.29. The summed E-state index contributed by atoms with van der Waals surface area (Å²) in [6.45, 7) is 6.14. The minimum absolute atomic E-state index is 0.453. The Labute approximate surface area is 121 Å². The van der Waals surface area contributed by atoms with E-state index in [0.717, 1.165) is 19.5 Å². The molecule has 1 fully saturated rings. The van der Waals surface area contributed by atoms with Crippen LogP contribution in [0.2, 0.25) is 0 Å². The van der Waals surface area contributed by atoms with Crippen LogP contribution in [-0.4, -0.2) is 24.7 Å². The van der Waals surface area contributed by atoms with Gasteiger partial charge in [0.2, 0.25) is 0 Å². The molecule has 1 heterocycles. The van der Waals surface area contributed by atoms with E-state index in [9.17, 15) is 5.26 Å². The molecule has 1 N–H and O–H groups in total. The highest BCUT2D eigenvalue weighted by atomic mass is 15.2. The topological polar surface area (TPSA) is 39.1 Å². The molecule has 0 bridgehead atoms. The molecule has 1 aliphatic carbocycles. The summed E-state index contributed by atoms with van der Waals surface area (Å²) in [6, 6.07) is 11.7. The molecule has 3 nitrogen and oxygen atoms in total. The number of rotatable bonds is 4.